The van der Waals surface area contributed by atoms with Crippen molar-refractivity contribution in [1.82, 2.24) is 9.59 Å². The van der Waals surface area contributed by atoms with Crippen LogP contribution >= 0.6 is 11.5 Å². The Morgan fingerprint density at radius 3 is 2.53 bits per heavy atom. The Labute approximate surface area is 91.0 Å². The predicted molar refractivity (Wildman–Crippen MR) is 57.2 cm³/mol. The smallest absolute Gasteiger partial charge is 0.261 e. The molecule has 0 spiro atoms. The quantitative estimate of drug-likeness (QED) is 0.880. The van der Waals surface area contributed by atoms with Gasteiger partial charge in [-0.2, -0.15) is 0 Å². The Balaban J connectivity index is 2.29. The van der Waals surface area contributed by atoms with Gasteiger partial charge in [0, 0.05) is 0 Å². The molecule has 0 aliphatic heterocycles. The van der Waals surface area contributed by atoms with Crippen molar-refractivity contribution in [3.8, 4) is 0 Å². The van der Waals surface area contributed by atoms with Crippen molar-refractivity contribution in [3.05, 3.63) is 35.7 Å². The van der Waals surface area contributed by atoms with Gasteiger partial charge in [0.25, 0.3) is 10.0 Å². The zero-order chi connectivity index (χ0) is 10.7. The molecule has 0 amide bonds. The highest BCUT2D eigenvalue weighted by molar-refractivity contribution is 7.92. The van der Waals surface area contributed by atoms with Gasteiger partial charge >= 0.3 is 0 Å². The van der Waals surface area contributed by atoms with Crippen molar-refractivity contribution in [1.29, 1.82) is 0 Å². The maximum atomic E-state index is 11.7. The first kappa shape index (κ1) is 10.1. The van der Waals surface area contributed by atoms with Gasteiger partial charge in [-0.3, -0.25) is 4.72 Å². The number of anilines is 1. The fourth-order valence-corrected chi connectivity index (χ4v) is 2.48. The van der Waals surface area contributed by atoms with Crippen molar-refractivity contribution < 1.29 is 8.42 Å². The summed E-state index contributed by atoms with van der Waals surface area (Å²) in [6, 6.07) is 8.11. The van der Waals surface area contributed by atoms with E-state index in [-0.39, 0.29) is 10.7 Å². The fraction of sp³-hybridized carbons (Fsp3) is 0. The number of nitrogens with zero attached hydrogens (tertiary/aromatic N) is 2. The van der Waals surface area contributed by atoms with Crippen LogP contribution in [0.25, 0.3) is 0 Å². The molecule has 78 valence electrons. The molecule has 0 bridgehead atoms. The van der Waals surface area contributed by atoms with E-state index >= 15 is 0 Å². The standard InChI is InChI=1S/C8H7N3O2S2/c12-15(13,7-4-2-1-3-5-7)10-8-6-14-11-9-8/h1-6,10H. The second-order valence-electron chi connectivity index (χ2n) is 2.71. The number of nitrogens with one attached hydrogen (secondary N) is 1. The minimum atomic E-state index is -3.53. The molecular formula is C8H7N3O2S2. The lowest BCUT2D eigenvalue weighted by Crippen LogP contribution is -2.12. The Hall–Kier alpha value is -1.47. The number of hydrogen-bond donors (Lipinski definition) is 1. The fourth-order valence-electron chi connectivity index (χ4n) is 1.01. The molecule has 1 aromatic heterocycles. The maximum Gasteiger partial charge on any atom is 0.263 e. The maximum absolute atomic E-state index is 11.7. The SMILES string of the molecule is O=S(=O)(Nc1csnn1)c1ccccc1. The molecule has 0 fully saturated rings. The molecule has 0 unspecified atom stereocenters. The van der Waals surface area contributed by atoms with Crippen LogP contribution in [-0.2, 0) is 10.0 Å². The average molecular weight is 241 g/mol. The number of aromatic nitrogens is 2. The third-order valence-corrected chi connectivity index (χ3v) is 3.53. The first-order valence-electron chi connectivity index (χ1n) is 4.03. The van der Waals surface area contributed by atoms with E-state index in [1.165, 1.54) is 17.5 Å². The minimum Gasteiger partial charge on any atom is -0.261 e. The normalized spacial score (nSPS) is 11.2. The molecular weight excluding hydrogens is 234 g/mol. The van der Waals surface area contributed by atoms with Crippen molar-refractivity contribution in [2.75, 3.05) is 4.72 Å². The number of sulfonamides is 1. The summed E-state index contributed by atoms with van der Waals surface area (Å²) in [5, 5.41) is 5.13. The van der Waals surface area contributed by atoms with Crippen molar-refractivity contribution in [2.45, 2.75) is 4.90 Å². The summed E-state index contributed by atoms with van der Waals surface area (Å²) in [5.74, 6) is 0.240. The predicted octanol–water partition coefficient (Wildman–Crippen LogP) is 1.34. The van der Waals surface area contributed by atoms with Crippen LogP contribution in [0.3, 0.4) is 0 Å². The van der Waals surface area contributed by atoms with E-state index < -0.39 is 10.0 Å². The topological polar surface area (TPSA) is 72.0 Å². The molecule has 15 heavy (non-hydrogen) atoms. The van der Waals surface area contributed by atoms with Crippen LogP contribution in [0.2, 0.25) is 0 Å². The highest BCUT2D eigenvalue weighted by atomic mass is 32.2. The lowest BCUT2D eigenvalue weighted by Gasteiger charge is -2.03. The van der Waals surface area contributed by atoms with E-state index in [2.05, 4.69) is 14.3 Å². The molecule has 1 heterocycles. The molecule has 0 saturated carbocycles. The second-order valence-corrected chi connectivity index (χ2v) is 5.00. The monoisotopic (exact) mass is 241 g/mol. The number of rotatable bonds is 3. The van der Waals surface area contributed by atoms with E-state index in [0.29, 0.717) is 0 Å². The lowest BCUT2D eigenvalue weighted by atomic mass is 10.4. The zero-order valence-electron chi connectivity index (χ0n) is 7.49. The Bertz CT molecular complexity index is 522. The molecule has 0 saturated heterocycles. The summed E-state index contributed by atoms with van der Waals surface area (Å²) in [6.45, 7) is 0. The molecule has 2 rings (SSSR count). The van der Waals surface area contributed by atoms with Crippen LogP contribution in [0.5, 0.6) is 0 Å². The largest absolute Gasteiger partial charge is 0.263 e. The van der Waals surface area contributed by atoms with Gasteiger partial charge in [0.15, 0.2) is 5.82 Å². The highest BCUT2D eigenvalue weighted by Crippen LogP contribution is 2.13. The van der Waals surface area contributed by atoms with Crippen LogP contribution in [0.4, 0.5) is 5.82 Å². The van der Waals surface area contributed by atoms with Crippen LogP contribution < -0.4 is 4.72 Å². The molecule has 1 N–H and O–H groups in total. The van der Waals surface area contributed by atoms with Gasteiger partial charge < -0.3 is 0 Å². The molecule has 0 atom stereocenters. The average Bonchev–Trinajstić information content (AvgIpc) is 2.71. The first-order chi connectivity index (χ1) is 7.18. The van der Waals surface area contributed by atoms with E-state index in [1.807, 2.05) is 0 Å². The molecule has 5 nitrogen and oxygen atoms in total. The molecule has 0 aliphatic carbocycles. The van der Waals surface area contributed by atoms with E-state index in [4.69, 9.17) is 0 Å². The zero-order valence-corrected chi connectivity index (χ0v) is 9.12. The first-order valence-corrected chi connectivity index (χ1v) is 6.35. The second kappa shape index (κ2) is 3.95. The van der Waals surface area contributed by atoms with Crippen LogP contribution in [0.15, 0.2) is 40.6 Å². The van der Waals surface area contributed by atoms with Gasteiger partial charge in [-0.05, 0) is 23.7 Å². The van der Waals surface area contributed by atoms with Gasteiger partial charge in [-0.15, -0.1) is 5.10 Å². The van der Waals surface area contributed by atoms with Gasteiger partial charge in [0.1, 0.15) is 0 Å². The van der Waals surface area contributed by atoms with Crippen LogP contribution in [0, 0.1) is 0 Å². The number of benzene rings is 1. The Morgan fingerprint density at radius 1 is 1.20 bits per heavy atom. The summed E-state index contributed by atoms with van der Waals surface area (Å²) in [5.41, 5.74) is 0. The highest BCUT2D eigenvalue weighted by Gasteiger charge is 2.14. The summed E-state index contributed by atoms with van der Waals surface area (Å²) < 4.78 is 29.3. The van der Waals surface area contributed by atoms with E-state index in [0.717, 1.165) is 11.5 Å². The van der Waals surface area contributed by atoms with Crippen molar-refractivity contribution in [3.63, 3.8) is 0 Å². The van der Waals surface area contributed by atoms with E-state index in [1.54, 1.807) is 18.2 Å². The number of hydrogen-bond acceptors (Lipinski definition) is 5. The summed E-state index contributed by atoms with van der Waals surface area (Å²) in [6.07, 6.45) is 0. The van der Waals surface area contributed by atoms with Crippen LogP contribution in [-0.4, -0.2) is 18.0 Å². The van der Waals surface area contributed by atoms with Gasteiger partial charge in [0.05, 0.1) is 10.3 Å². The van der Waals surface area contributed by atoms with Crippen molar-refractivity contribution >= 4 is 27.4 Å². The Morgan fingerprint density at radius 2 is 1.93 bits per heavy atom. The Kier molecular flexibility index (Phi) is 2.65. The third-order valence-electron chi connectivity index (χ3n) is 1.65. The molecule has 0 aliphatic rings. The molecule has 7 heteroatoms. The lowest BCUT2D eigenvalue weighted by molar-refractivity contribution is 0.601. The van der Waals surface area contributed by atoms with Gasteiger partial charge in [-0.25, -0.2) is 8.42 Å². The van der Waals surface area contributed by atoms with Crippen LogP contribution in [0.1, 0.15) is 0 Å². The van der Waals surface area contributed by atoms with Crippen molar-refractivity contribution in [2.24, 2.45) is 0 Å². The minimum absolute atomic E-state index is 0.206. The molecule has 2 aromatic rings. The summed E-state index contributed by atoms with van der Waals surface area (Å²) >= 11 is 1.09. The summed E-state index contributed by atoms with van der Waals surface area (Å²) in [7, 11) is -3.53. The van der Waals surface area contributed by atoms with Gasteiger partial charge in [-0.1, -0.05) is 22.7 Å². The molecule has 0 radical (unpaired) electrons. The third kappa shape index (κ3) is 2.31. The van der Waals surface area contributed by atoms with Gasteiger partial charge in [0.2, 0.25) is 0 Å². The molecule has 1 aromatic carbocycles. The summed E-state index contributed by atoms with van der Waals surface area (Å²) in [4.78, 5) is 0.206. The van der Waals surface area contributed by atoms with E-state index in [9.17, 15) is 8.42 Å².